The van der Waals surface area contributed by atoms with Crippen molar-refractivity contribution >= 4 is 23.4 Å². The number of carbonyl (C=O) groups excluding carboxylic acids is 1. The molecule has 1 aliphatic heterocycles. The Bertz CT molecular complexity index is 672. The maximum atomic E-state index is 11.3. The Balaban J connectivity index is 1.73. The maximum Gasteiger partial charge on any atom is 0.221 e. The molecule has 0 bridgehead atoms. The van der Waals surface area contributed by atoms with Crippen LogP contribution in [0.4, 0.5) is 5.69 Å². The molecule has 0 spiro atoms. The number of fused-ring (bicyclic) bond motifs is 1. The summed E-state index contributed by atoms with van der Waals surface area (Å²) in [6.07, 6.45) is 1.13. The van der Waals surface area contributed by atoms with Crippen molar-refractivity contribution in [3.05, 3.63) is 59.7 Å². The maximum absolute atomic E-state index is 11.3. The third-order valence-corrected chi connectivity index (χ3v) is 4.95. The number of hydrogen-bond donors (Lipinski definition) is 2. The zero-order valence-electron chi connectivity index (χ0n) is 12.6. The third kappa shape index (κ3) is 3.51. The Morgan fingerprint density at radius 1 is 1.18 bits per heavy atom. The van der Waals surface area contributed by atoms with Crippen molar-refractivity contribution in [2.24, 2.45) is 0 Å². The first-order valence-electron chi connectivity index (χ1n) is 7.54. The molecule has 2 aromatic rings. The van der Waals surface area contributed by atoms with E-state index in [0.717, 1.165) is 30.0 Å². The van der Waals surface area contributed by atoms with Gasteiger partial charge in [-0.3, -0.25) is 4.79 Å². The molecule has 22 heavy (non-hydrogen) atoms. The fraction of sp³-hybridized carbons (Fsp3) is 0.278. The Morgan fingerprint density at radius 3 is 2.82 bits per heavy atom. The van der Waals surface area contributed by atoms with Crippen molar-refractivity contribution < 1.29 is 4.79 Å². The predicted molar refractivity (Wildman–Crippen MR) is 92.1 cm³/mol. The van der Waals surface area contributed by atoms with Crippen LogP contribution in [-0.4, -0.2) is 11.7 Å². The van der Waals surface area contributed by atoms with Gasteiger partial charge in [0.05, 0.1) is 0 Å². The second kappa shape index (κ2) is 6.99. The zero-order chi connectivity index (χ0) is 15.4. The van der Waals surface area contributed by atoms with Crippen molar-refractivity contribution in [3.8, 4) is 0 Å². The van der Waals surface area contributed by atoms with Gasteiger partial charge in [0.2, 0.25) is 5.91 Å². The van der Waals surface area contributed by atoms with Crippen molar-refractivity contribution in [1.29, 1.82) is 0 Å². The van der Waals surface area contributed by atoms with Crippen LogP contribution in [0.2, 0.25) is 0 Å². The lowest BCUT2D eigenvalue weighted by atomic mass is 10.0. The average Bonchev–Trinajstić information content (AvgIpc) is 2.53. The molecular weight excluding hydrogens is 292 g/mol. The van der Waals surface area contributed by atoms with Crippen LogP contribution in [0, 0.1) is 0 Å². The van der Waals surface area contributed by atoms with Crippen molar-refractivity contribution in [1.82, 2.24) is 5.32 Å². The molecule has 0 aromatic heterocycles. The molecule has 0 radical (unpaired) electrons. The van der Waals surface area contributed by atoms with Crippen LogP contribution in [0.3, 0.4) is 0 Å². The minimum Gasteiger partial charge on any atom is -0.326 e. The highest BCUT2D eigenvalue weighted by Crippen LogP contribution is 2.36. The topological polar surface area (TPSA) is 41.1 Å². The quantitative estimate of drug-likeness (QED) is 0.897. The molecule has 0 saturated carbocycles. The summed E-state index contributed by atoms with van der Waals surface area (Å²) in [6, 6.07) is 16.9. The van der Waals surface area contributed by atoms with Crippen LogP contribution >= 0.6 is 11.8 Å². The highest BCUT2D eigenvalue weighted by atomic mass is 32.2. The lowest BCUT2D eigenvalue weighted by Crippen LogP contribution is -2.24. The van der Waals surface area contributed by atoms with E-state index >= 15 is 0 Å². The van der Waals surface area contributed by atoms with Crippen LogP contribution in [0.15, 0.2) is 53.4 Å². The van der Waals surface area contributed by atoms with Gasteiger partial charge in [-0.15, -0.1) is 11.8 Å². The molecule has 0 saturated heterocycles. The average molecular weight is 312 g/mol. The van der Waals surface area contributed by atoms with Gasteiger partial charge >= 0.3 is 0 Å². The van der Waals surface area contributed by atoms with E-state index in [9.17, 15) is 4.79 Å². The van der Waals surface area contributed by atoms with Gasteiger partial charge in [-0.2, -0.15) is 0 Å². The number of anilines is 1. The van der Waals surface area contributed by atoms with E-state index < -0.39 is 0 Å². The molecule has 0 aliphatic carbocycles. The summed E-state index contributed by atoms with van der Waals surface area (Å²) in [5, 5.41) is 6.54. The molecule has 1 aliphatic rings. The normalized spacial score (nSPS) is 16.9. The predicted octanol–water partition coefficient (Wildman–Crippen LogP) is 3.97. The Morgan fingerprint density at radius 2 is 1.95 bits per heavy atom. The lowest BCUT2D eigenvalue weighted by Gasteiger charge is -2.26. The molecular formula is C18H20N2OS. The third-order valence-electron chi connectivity index (χ3n) is 3.83. The molecule has 0 fully saturated rings. The highest BCUT2D eigenvalue weighted by molar-refractivity contribution is 7.99. The lowest BCUT2D eigenvalue weighted by molar-refractivity contribution is -0.114. The molecule has 3 rings (SSSR count). The summed E-state index contributed by atoms with van der Waals surface area (Å²) in [5.74, 6) is 1.11. The summed E-state index contributed by atoms with van der Waals surface area (Å²) in [5.41, 5.74) is 3.39. The molecule has 1 heterocycles. The standard InChI is InChI=1S/C18H20N2OS/c1-13(21)20-16-8-4-2-6-14(16)12-19-17-10-11-22-18-9-5-3-7-15(17)18/h2-9,17,19H,10-12H2,1H3,(H,20,21). The van der Waals surface area contributed by atoms with Gasteiger partial charge < -0.3 is 10.6 Å². The largest absolute Gasteiger partial charge is 0.326 e. The number of nitrogens with one attached hydrogen (secondary N) is 2. The first kappa shape index (κ1) is 15.1. The molecule has 1 amide bonds. The van der Waals surface area contributed by atoms with Crippen molar-refractivity contribution in [2.45, 2.75) is 30.8 Å². The SMILES string of the molecule is CC(=O)Nc1ccccc1CNC1CCSc2ccccc21. The van der Waals surface area contributed by atoms with E-state index in [1.165, 1.54) is 10.5 Å². The van der Waals surface area contributed by atoms with Crippen LogP contribution in [0.5, 0.6) is 0 Å². The Labute approximate surface area is 135 Å². The number of benzene rings is 2. The summed E-state index contributed by atoms with van der Waals surface area (Å²) in [7, 11) is 0. The van der Waals surface area contributed by atoms with Gasteiger partial charge in [-0.1, -0.05) is 36.4 Å². The molecule has 2 aromatic carbocycles. The van der Waals surface area contributed by atoms with E-state index in [0.29, 0.717) is 6.04 Å². The summed E-state index contributed by atoms with van der Waals surface area (Å²) >= 11 is 1.93. The zero-order valence-corrected chi connectivity index (χ0v) is 13.5. The van der Waals surface area contributed by atoms with Crippen molar-refractivity contribution in [3.63, 3.8) is 0 Å². The fourth-order valence-corrected chi connectivity index (χ4v) is 3.90. The number of carbonyl (C=O) groups is 1. The van der Waals surface area contributed by atoms with E-state index in [1.54, 1.807) is 6.92 Å². The second-order valence-corrected chi connectivity index (χ2v) is 6.58. The molecule has 114 valence electrons. The molecule has 1 unspecified atom stereocenters. The summed E-state index contributed by atoms with van der Waals surface area (Å²) in [6.45, 7) is 2.29. The minimum atomic E-state index is -0.0353. The number of rotatable bonds is 4. The van der Waals surface area contributed by atoms with E-state index in [-0.39, 0.29) is 5.91 Å². The Hall–Kier alpha value is -1.78. The summed E-state index contributed by atoms with van der Waals surface area (Å²) in [4.78, 5) is 12.7. The van der Waals surface area contributed by atoms with Crippen LogP contribution < -0.4 is 10.6 Å². The summed E-state index contributed by atoms with van der Waals surface area (Å²) < 4.78 is 0. The first-order chi connectivity index (χ1) is 10.7. The van der Waals surface area contributed by atoms with Crippen molar-refractivity contribution in [2.75, 3.05) is 11.1 Å². The molecule has 1 atom stereocenters. The fourth-order valence-electron chi connectivity index (χ4n) is 2.77. The van der Waals surface area contributed by atoms with Gasteiger partial charge in [0.1, 0.15) is 0 Å². The monoisotopic (exact) mass is 312 g/mol. The van der Waals surface area contributed by atoms with Crippen LogP contribution in [0.1, 0.15) is 30.5 Å². The van der Waals surface area contributed by atoms with Gasteiger partial charge in [0, 0.05) is 30.1 Å². The van der Waals surface area contributed by atoms with E-state index in [1.807, 2.05) is 30.0 Å². The van der Waals surface area contributed by atoms with Crippen LogP contribution in [-0.2, 0) is 11.3 Å². The molecule has 3 nitrogen and oxygen atoms in total. The van der Waals surface area contributed by atoms with Gasteiger partial charge in [-0.05, 0) is 35.4 Å². The number of amides is 1. The van der Waals surface area contributed by atoms with Gasteiger partial charge in [0.25, 0.3) is 0 Å². The highest BCUT2D eigenvalue weighted by Gasteiger charge is 2.19. The van der Waals surface area contributed by atoms with E-state index in [2.05, 4.69) is 41.0 Å². The molecule has 4 heteroatoms. The van der Waals surface area contributed by atoms with Crippen LogP contribution in [0.25, 0.3) is 0 Å². The van der Waals surface area contributed by atoms with E-state index in [4.69, 9.17) is 0 Å². The second-order valence-electron chi connectivity index (χ2n) is 5.45. The smallest absolute Gasteiger partial charge is 0.221 e. The van der Waals surface area contributed by atoms with Gasteiger partial charge in [0.15, 0.2) is 0 Å². The Kier molecular flexibility index (Phi) is 4.80. The first-order valence-corrected chi connectivity index (χ1v) is 8.53. The molecule has 2 N–H and O–H groups in total. The number of thioether (sulfide) groups is 1. The van der Waals surface area contributed by atoms with Gasteiger partial charge in [-0.25, -0.2) is 0 Å². The minimum absolute atomic E-state index is 0.0353. The number of para-hydroxylation sites is 1. The number of hydrogen-bond acceptors (Lipinski definition) is 3.